The average Bonchev–Trinajstić information content (AvgIpc) is 3.22. The molecule has 0 spiro atoms. The minimum atomic E-state index is -0.225. The van der Waals surface area contributed by atoms with Crippen molar-refractivity contribution in [1.82, 2.24) is 10.4 Å². The smallest absolute Gasteiger partial charge is 0.271 e. The van der Waals surface area contributed by atoms with E-state index in [1.165, 1.54) is 29.7 Å². The van der Waals surface area contributed by atoms with Crippen molar-refractivity contribution in [3.63, 3.8) is 0 Å². The second-order valence-electron chi connectivity index (χ2n) is 8.50. The fourth-order valence-electron chi connectivity index (χ4n) is 4.42. The fourth-order valence-corrected chi connectivity index (χ4v) is 4.42. The number of carbonyl (C=O) groups excluding carboxylic acids is 1. The molecule has 0 radical (unpaired) electrons. The molecule has 0 aliphatic heterocycles. The number of H-pyrrole nitrogens is 1. The van der Waals surface area contributed by atoms with Gasteiger partial charge >= 0.3 is 0 Å². The molecule has 0 atom stereocenters. The highest BCUT2D eigenvalue weighted by molar-refractivity contribution is 5.99. The Bertz CT molecular complexity index is 1340. The molecule has 1 amide bonds. The van der Waals surface area contributed by atoms with Gasteiger partial charge in [0, 0.05) is 27.7 Å². The molecule has 3 aromatic carbocycles. The summed E-state index contributed by atoms with van der Waals surface area (Å²) in [6.45, 7) is 2.55. The van der Waals surface area contributed by atoms with Crippen LogP contribution >= 0.6 is 0 Å². The first-order valence-electron chi connectivity index (χ1n) is 11.4. The molecule has 0 saturated heterocycles. The van der Waals surface area contributed by atoms with Crippen LogP contribution in [-0.4, -0.2) is 17.1 Å². The predicted molar refractivity (Wildman–Crippen MR) is 132 cm³/mol. The summed E-state index contributed by atoms with van der Waals surface area (Å²) in [4.78, 5) is 16.2. The zero-order valence-corrected chi connectivity index (χ0v) is 18.7. The molecule has 0 bridgehead atoms. The van der Waals surface area contributed by atoms with Crippen LogP contribution in [0.5, 0.6) is 5.75 Å². The minimum Gasteiger partial charge on any atom is -0.488 e. The molecular weight excluding hydrogens is 410 g/mol. The monoisotopic (exact) mass is 437 g/mol. The number of fused-ring (bicyclic) bond motifs is 3. The molecule has 5 rings (SSSR count). The molecule has 5 heteroatoms. The van der Waals surface area contributed by atoms with Crippen LogP contribution in [0.4, 0.5) is 0 Å². The lowest BCUT2D eigenvalue weighted by Gasteiger charge is -2.11. The molecule has 1 aliphatic carbocycles. The molecule has 0 unspecified atom stereocenters. The standard InChI is InChI=1S/C28H27N3O2/c1-19-8-2-3-10-22(19)18-33-27-13-7-4-9-21(27)17-29-31-28(32)20-14-15-26-24(16-20)23-11-5-6-12-25(23)30-26/h2-4,7-10,13-17,30H,5-6,11-12,18H2,1H3,(H,31,32)/b29-17+. The van der Waals surface area contributed by atoms with E-state index in [-0.39, 0.29) is 5.91 Å². The molecule has 1 heterocycles. The predicted octanol–water partition coefficient (Wildman–Crippen LogP) is 5.70. The van der Waals surface area contributed by atoms with Gasteiger partial charge in [-0.2, -0.15) is 5.10 Å². The summed E-state index contributed by atoms with van der Waals surface area (Å²) >= 11 is 0. The number of hydrazone groups is 1. The molecule has 0 fully saturated rings. The third-order valence-corrected chi connectivity index (χ3v) is 6.29. The first kappa shape index (κ1) is 21.0. The summed E-state index contributed by atoms with van der Waals surface area (Å²) in [6, 6.07) is 21.6. The van der Waals surface area contributed by atoms with Gasteiger partial charge in [0.15, 0.2) is 0 Å². The van der Waals surface area contributed by atoms with E-state index in [1.54, 1.807) is 6.21 Å². The number of para-hydroxylation sites is 1. The number of aromatic nitrogens is 1. The van der Waals surface area contributed by atoms with Gasteiger partial charge in [0.25, 0.3) is 5.91 Å². The van der Waals surface area contributed by atoms with Crippen molar-refractivity contribution in [3.8, 4) is 5.75 Å². The lowest BCUT2D eigenvalue weighted by Crippen LogP contribution is -2.17. The average molecular weight is 438 g/mol. The van der Waals surface area contributed by atoms with Crippen LogP contribution in [0, 0.1) is 6.92 Å². The summed E-state index contributed by atoms with van der Waals surface area (Å²) in [5.41, 5.74) is 10.2. The SMILES string of the molecule is Cc1ccccc1COc1ccccc1/C=N/NC(=O)c1ccc2[nH]c3c(c2c1)CCCC3. The van der Waals surface area contributed by atoms with Crippen LogP contribution in [0.2, 0.25) is 0 Å². The van der Waals surface area contributed by atoms with Gasteiger partial charge in [-0.1, -0.05) is 36.4 Å². The van der Waals surface area contributed by atoms with Gasteiger partial charge in [0.05, 0.1) is 6.21 Å². The highest BCUT2D eigenvalue weighted by Crippen LogP contribution is 2.29. The first-order valence-corrected chi connectivity index (χ1v) is 11.4. The Morgan fingerprint density at radius 1 is 1.06 bits per heavy atom. The number of nitrogens with one attached hydrogen (secondary N) is 2. The van der Waals surface area contributed by atoms with Gasteiger partial charge in [-0.15, -0.1) is 0 Å². The lowest BCUT2D eigenvalue weighted by molar-refractivity contribution is 0.0955. The van der Waals surface area contributed by atoms with Gasteiger partial charge < -0.3 is 9.72 Å². The van der Waals surface area contributed by atoms with E-state index in [0.717, 1.165) is 40.6 Å². The summed E-state index contributed by atoms with van der Waals surface area (Å²) in [7, 11) is 0. The number of aromatic amines is 1. The summed E-state index contributed by atoms with van der Waals surface area (Å²) < 4.78 is 6.03. The van der Waals surface area contributed by atoms with Crippen molar-refractivity contribution < 1.29 is 9.53 Å². The Kier molecular flexibility index (Phi) is 5.94. The molecule has 5 nitrogen and oxygen atoms in total. The van der Waals surface area contributed by atoms with Crippen molar-refractivity contribution in [2.75, 3.05) is 0 Å². The Hall–Kier alpha value is -3.86. The van der Waals surface area contributed by atoms with Crippen molar-refractivity contribution in [2.45, 2.75) is 39.2 Å². The van der Waals surface area contributed by atoms with E-state index in [9.17, 15) is 4.79 Å². The van der Waals surface area contributed by atoms with Crippen molar-refractivity contribution in [3.05, 3.63) is 100 Å². The molecular formula is C28H27N3O2. The fraction of sp³-hybridized carbons (Fsp3) is 0.214. The highest BCUT2D eigenvalue weighted by atomic mass is 16.5. The van der Waals surface area contributed by atoms with Crippen molar-refractivity contribution in [2.24, 2.45) is 5.10 Å². The van der Waals surface area contributed by atoms with Crippen molar-refractivity contribution in [1.29, 1.82) is 0 Å². The number of ether oxygens (including phenoxy) is 1. The topological polar surface area (TPSA) is 66.5 Å². The second-order valence-corrected chi connectivity index (χ2v) is 8.50. The van der Waals surface area contributed by atoms with E-state index < -0.39 is 0 Å². The van der Waals surface area contributed by atoms with E-state index >= 15 is 0 Å². The zero-order valence-electron chi connectivity index (χ0n) is 18.7. The van der Waals surface area contributed by atoms with Crippen LogP contribution in [0.15, 0.2) is 71.8 Å². The highest BCUT2D eigenvalue weighted by Gasteiger charge is 2.16. The summed E-state index contributed by atoms with van der Waals surface area (Å²) in [5, 5.41) is 5.34. The van der Waals surface area contributed by atoms with Crippen LogP contribution in [-0.2, 0) is 19.4 Å². The third kappa shape index (κ3) is 4.53. The first-order chi connectivity index (χ1) is 16.2. The van der Waals surface area contributed by atoms with Gasteiger partial charge in [0.1, 0.15) is 12.4 Å². The second kappa shape index (κ2) is 9.33. The lowest BCUT2D eigenvalue weighted by atomic mass is 9.95. The maximum atomic E-state index is 12.7. The van der Waals surface area contributed by atoms with E-state index in [1.807, 2.05) is 54.6 Å². The van der Waals surface area contributed by atoms with Crippen LogP contribution in [0.25, 0.3) is 10.9 Å². The number of hydrogen-bond donors (Lipinski definition) is 2. The molecule has 0 saturated carbocycles. The molecule has 1 aromatic heterocycles. The Labute approximate surface area is 193 Å². The number of rotatable bonds is 6. The van der Waals surface area contributed by atoms with Gasteiger partial charge in [-0.25, -0.2) is 5.43 Å². The molecule has 2 N–H and O–H groups in total. The van der Waals surface area contributed by atoms with Gasteiger partial charge in [-0.05, 0) is 79.6 Å². The Morgan fingerprint density at radius 3 is 2.79 bits per heavy atom. The van der Waals surface area contributed by atoms with Crippen LogP contribution in [0.1, 0.15) is 51.1 Å². The Morgan fingerprint density at radius 2 is 1.88 bits per heavy atom. The van der Waals surface area contributed by atoms with Crippen LogP contribution < -0.4 is 10.2 Å². The van der Waals surface area contributed by atoms with Crippen molar-refractivity contribution >= 4 is 23.0 Å². The Balaban J connectivity index is 1.28. The number of carbonyl (C=O) groups is 1. The summed E-state index contributed by atoms with van der Waals surface area (Å²) in [6.07, 6.45) is 6.20. The van der Waals surface area contributed by atoms with E-state index in [2.05, 4.69) is 34.6 Å². The molecule has 1 aliphatic rings. The third-order valence-electron chi connectivity index (χ3n) is 6.29. The quantitative estimate of drug-likeness (QED) is 0.300. The zero-order chi connectivity index (χ0) is 22.6. The van der Waals surface area contributed by atoms with E-state index in [4.69, 9.17) is 4.74 Å². The molecule has 4 aromatic rings. The maximum absolute atomic E-state index is 12.7. The number of aryl methyl sites for hydroxylation is 3. The van der Waals surface area contributed by atoms with Gasteiger partial charge in [-0.3, -0.25) is 4.79 Å². The normalized spacial score (nSPS) is 13.2. The van der Waals surface area contributed by atoms with E-state index in [0.29, 0.717) is 12.2 Å². The number of hydrogen-bond acceptors (Lipinski definition) is 3. The van der Waals surface area contributed by atoms with Crippen LogP contribution in [0.3, 0.4) is 0 Å². The summed E-state index contributed by atoms with van der Waals surface area (Å²) in [5.74, 6) is 0.497. The number of nitrogens with zero attached hydrogens (tertiary/aromatic N) is 1. The number of amides is 1. The van der Waals surface area contributed by atoms with Gasteiger partial charge in [0.2, 0.25) is 0 Å². The molecule has 33 heavy (non-hydrogen) atoms. The maximum Gasteiger partial charge on any atom is 0.271 e. The minimum absolute atomic E-state index is 0.225. The molecule has 166 valence electrons. The largest absolute Gasteiger partial charge is 0.488 e. The number of benzene rings is 3.